The van der Waals surface area contributed by atoms with Crippen molar-refractivity contribution in [3.63, 3.8) is 0 Å². The fraction of sp³-hybridized carbons (Fsp3) is 0.609. The molecule has 2 atom stereocenters. The van der Waals surface area contributed by atoms with Gasteiger partial charge >= 0.3 is 0 Å². The van der Waals surface area contributed by atoms with Gasteiger partial charge in [0.2, 0.25) is 5.91 Å². The lowest BCUT2D eigenvalue weighted by atomic mass is 9.95. The summed E-state index contributed by atoms with van der Waals surface area (Å²) in [5, 5.41) is 3.46. The molecule has 1 aromatic carbocycles. The number of benzene rings is 1. The van der Waals surface area contributed by atoms with Crippen LogP contribution in [0.4, 0.5) is 0 Å². The minimum Gasteiger partial charge on any atom is -0.440 e. The van der Waals surface area contributed by atoms with Gasteiger partial charge < -0.3 is 19.5 Å². The van der Waals surface area contributed by atoms with Gasteiger partial charge in [-0.15, -0.1) is 36.6 Å². The number of fused-ring (bicyclic) bond motifs is 1. The molecule has 5 rings (SSSR count). The average Bonchev–Trinajstić information content (AvgIpc) is 3.58. The molecular formula is C23H33Cl2N5O3S. The fourth-order valence-electron chi connectivity index (χ4n) is 5.01. The van der Waals surface area contributed by atoms with Crippen molar-refractivity contribution in [2.45, 2.75) is 37.3 Å². The number of nitrogens with zero attached hydrogens (tertiary/aromatic N) is 4. The van der Waals surface area contributed by atoms with Crippen molar-refractivity contribution >= 4 is 59.5 Å². The Morgan fingerprint density at radius 3 is 2.62 bits per heavy atom. The van der Waals surface area contributed by atoms with E-state index in [1.165, 1.54) is 0 Å². The van der Waals surface area contributed by atoms with E-state index in [0.717, 1.165) is 74.1 Å². The van der Waals surface area contributed by atoms with Gasteiger partial charge in [-0.05, 0) is 50.6 Å². The first kappa shape index (κ1) is 27.1. The zero-order valence-electron chi connectivity index (χ0n) is 19.6. The average molecular weight is 531 g/mol. The van der Waals surface area contributed by atoms with Gasteiger partial charge in [-0.25, -0.2) is 4.98 Å². The molecule has 4 heterocycles. The summed E-state index contributed by atoms with van der Waals surface area (Å²) in [4.78, 5) is 35.7. The number of carbonyl (C=O) groups excluding carboxylic acids is 2. The molecule has 0 bridgehead atoms. The number of halogens is 2. The van der Waals surface area contributed by atoms with Crippen LogP contribution < -0.4 is 5.32 Å². The Morgan fingerprint density at radius 1 is 1.18 bits per heavy atom. The zero-order valence-corrected chi connectivity index (χ0v) is 22.0. The van der Waals surface area contributed by atoms with Gasteiger partial charge in [-0.2, -0.15) is 0 Å². The lowest BCUT2D eigenvalue weighted by Gasteiger charge is -2.34. The van der Waals surface area contributed by atoms with Gasteiger partial charge in [0.1, 0.15) is 5.52 Å². The highest BCUT2D eigenvalue weighted by atomic mass is 35.5. The topological polar surface area (TPSA) is 81.9 Å². The molecule has 2 aromatic rings. The van der Waals surface area contributed by atoms with E-state index in [2.05, 4.69) is 10.2 Å². The molecule has 3 aliphatic rings. The third-order valence-electron chi connectivity index (χ3n) is 6.92. The molecule has 0 radical (unpaired) electrons. The largest absolute Gasteiger partial charge is 0.440 e. The third kappa shape index (κ3) is 5.49. The Balaban J connectivity index is 0.00000162. The van der Waals surface area contributed by atoms with Crippen molar-refractivity contribution in [1.82, 2.24) is 25.0 Å². The minimum absolute atomic E-state index is 0. The standard InChI is InChI=1S/C23H31N5O3S.2ClH/c1-26(2)22(29)16-3-4-20-18(11-16)25-21(31-20)15-5-7-27(8-6-15)17-12-19(24-13-17)23(30)28-9-10-32-14-28;;/h3-4,11,15,17,19,24H,5-10,12-14H2,1-2H3;2*1H/t17-,19-;;/m0../s1. The molecule has 0 saturated carbocycles. The van der Waals surface area contributed by atoms with Crippen LogP contribution in [-0.2, 0) is 4.79 Å². The summed E-state index contributed by atoms with van der Waals surface area (Å²) in [5.41, 5.74) is 2.11. The van der Waals surface area contributed by atoms with E-state index in [4.69, 9.17) is 9.40 Å². The van der Waals surface area contributed by atoms with Crippen LogP contribution in [0.3, 0.4) is 0 Å². The smallest absolute Gasteiger partial charge is 0.253 e. The molecule has 3 saturated heterocycles. The first-order valence-electron chi connectivity index (χ1n) is 11.5. The quantitative estimate of drug-likeness (QED) is 0.651. The number of aromatic nitrogens is 1. The number of carbonyl (C=O) groups is 2. The molecule has 0 unspecified atom stereocenters. The lowest BCUT2D eigenvalue weighted by Crippen LogP contribution is -2.42. The fourth-order valence-corrected chi connectivity index (χ4v) is 5.97. The molecule has 34 heavy (non-hydrogen) atoms. The van der Waals surface area contributed by atoms with Gasteiger partial charge in [0.15, 0.2) is 11.5 Å². The molecule has 188 valence electrons. The first-order valence-corrected chi connectivity index (χ1v) is 12.6. The highest BCUT2D eigenvalue weighted by Crippen LogP contribution is 2.32. The lowest BCUT2D eigenvalue weighted by molar-refractivity contribution is -0.131. The van der Waals surface area contributed by atoms with Crippen LogP contribution in [0.15, 0.2) is 22.6 Å². The molecule has 0 spiro atoms. The van der Waals surface area contributed by atoms with E-state index in [-0.39, 0.29) is 42.7 Å². The van der Waals surface area contributed by atoms with Crippen LogP contribution in [0, 0.1) is 0 Å². The summed E-state index contributed by atoms with van der Waals surface area (Å²) in [6.45, 7) is 3.74. The van der Waals surface area contributed by atoms with Gasteiger partial charge in [-0.3, -0.25) is 14.5 Å². The first-order chi connectivity index (χ1) is 15.5. The number of piperidine rings is 1. The molecule has 11 heteroatoms. The maximum atomic E-state index is 12.7. The highest BCUT2D eigenvalue weighted by molar-refractivity contribution is 7.99. The number of nitrogens with one attached hydrogen (secondary N) is 1. The monoisotopic (exact) mass is 529 g/mol. The van der Waals surface area contributed by atoms with E-state index in [0.29, 0.717) is 17.5 Å². The number of thioether (sulfide) groups is 1. The maximum absolute atomic E-state index is 12.7. The van der Waals surface area contributed by atoms with Crippen LogP contribution in [0.1, 0.15) is 41.4 Å². The number of oxazole rings is 1. The van der Waals surface area contributed by atoms with Crippen molar-refractivity contribution in [1.29, 1.82) is 0 Å². The summed E-state index contributed by atoms with van der Waals surface area (Å²) in [5.74, 6) is 3.19. The summed E-state index contributed by atoms with van der Waals surface area (Å²) in [6, 6.07) is 5.85. The van der Waals surface area contributed by atoms with Crippen molar-refractivity contribution in [2.75, 3.05) is 51.9 Å². The van der Waals surface area contributed by atoms with Crippen molar-refractivity contribution in [3.05, 3.63) is 29.7 Å². The molecule has 2 amide bonds. The van der Waals surface area contributed by atoms with Gasteiger partial charge in [0.05, 0.1) is 11.9 Å². The normalized spacial score (nSPS) is 23.5. The summed E-state index contributed by atoms with van der Waals surface area (Å²) in [6.07, 6.45) is 2.89. The molecule has 0 aliphatic carbocycles. The maximum Gasteiger partial charge on any atom is 0.253 e. The van der Waals surface area contributed by atoms with Crippen LogP contribution >= 0.6 is 36.6 Å². The van der Waals surface area contributed by atoms with E-state index in [1.807, 2.05) is 28.8 Å². The number of likely N-dealkylation sites (tertiary alicyclic amines) is 1. The minimum atomic E-state index is -0.0347. The van der Waals surface area contributed by atoms with E-state index >= 15 is 0 Å². The second-order valence-electron chi connectivity index (χ2n) is 9.23. The van der Waals surface area contributed by atoms with Crippen molar-refractivity contribution in [3.8, 4) is 0 Å². The van der Waals surface area contributed by atoms with Gasteiger partial charge in [-0.1, -0.05) is 0 Å². The second-order valence-corrected chi connectivity index (χ2v) is 10.3. The zero-order chi connectivity index (χ0) is 22.2. The van der Waals surface area contributed by atoms with Crippen LogP contribution in [0.2, 0.25) is 0 Å². The SMILES string of the molecule is CN(C)C(=O)c1ccc2oc(C3CCN([C@@H]4CN[C@H](C(=O)N5CCSC5)C4)CC3)nc2c1.Cl.Cl. The summed E-state index contributed by atoms with van der Waals surface area (Å²) >= 11 is 1.83. The third-order valence-corrected chi connectivity index (χ3v) is 7.89. The second kappa shape index (κ2) is 11.5. The van der Waals surface area contributed by atoms with E-state index < -0.39 is 0 Å². The number of rotatable bonds is 4. The number of amides is 2. The predicted octanol–water partition coefficient (Wildman–Crippen LogP) is 2.82. The van der Waals surface area contributed by atoms with E-state index in [1.54, 1.807) is 25.1 Å². The van der Waals surface area contributed by atoms with Crippen LogP contribution in [0.5, 0.6) is 0 Å². The van der Waals surface area contributed by atoms with Crippen molar-refractivity contribution < 1.29 is 14.0 Å². The molecular weight excluding hydrogens is 497 g/mol. The number of hydrogen-bond donors (Lipinski definition) is 1. The molecule has 1 aromatic heterocycles. The Morgan fingerprint density at radius 2 is 1.94 bits per heavy atom. The molecule has 8 nitrogen and oxygen atoms in total. The Hall–Kier alpha value is -1.52. The Kier molecular flexibility index (Phi) is 9.14. The van der Waals surface area contributed by atoms with Gasteiger partial charge in [0, 0.05) is 50.5 Å². The number of hydrogen-bond acceptors (Lipinski definition) is 7. The van der Waals surface area contributed by atoms with Crippen molar-refractivity contribution in [2.24, 2.45) is 0 Å². The predicted molar refractivity (Wildman–Crippen MR) is 139 cm³/mol. The van der Waals surface area contributed by atoms with Gasteiger partial charge in [0.25, 0.3) is 5.91 Å². The molecule has 3 aliphatic heterocycles. The van der Waals surface area contributed by atoms with Crippen LogP contribution in [-0.4, -0.2) is 95.5 Å². The highest BCUT2D eigenvalue weighted by Gasteiger charge is 2.37. The molecule has 3 fully saturated rings. The molecule has 1 N–H and O–H groups in total. The van der Waals surface area contributed by atoms with E-state index in [9.17, 15) is 9.59 Å². The summed E-state index contributed by atoms with van der Waals surface area (Å²) < 4.78 is 6.05. The Labute approximate surface area is 217 Å². The summed E-state index contributed by atoms with van der Waals surface area (Å²) in [7, 11) is 3.50. The Bertz CT molecular complexity index is 1010. The van der Waals surface area contributed by atoms with Crippen LogP contribution in [0.25, 0.3) is 11.1 Å².